The Morgan fingerprint density at radius 2 is 1.93 bits per heavy atom. The minimum atomic E-state index is -0.502. The summed E-state index contributed by atoms with van der Waals surface area (Å²) in [5.41, 5.74) is 9.22. The summed E-state index contributed by atoms with van der Waals surface area (Å²) in [5, 5.41) is 11.2. The summed E-state index contributed by atoms with van der Waals surface area (Å²) in [5.74, 6) is -0.819. The highest BCUT2D eigenvalue weighted by molar-refractivity contribution is 9.10. The molecule has 4 aromatic rings. The standard InChI is InChI=1S/C21H16BrFN2O2/c22-17-7-5-14(23)9-13(17)10-25-18-3-1-2-16(21(24)27)20(18)15-6-4-12(11-26)8-19(15)25/h1-9,26H,10-11H2,(H2,24,27). The number of nitrogens with two attached hydrogens (primary N) is 1. The number of nitrogens with zero attached hydrogens (tertiary/aromatic N) is 1. The average molecular weight is 427 g/mol. The van der Waals surface area contributed by atoms with Gasteiger partial charge in [-0.05, 0) is 47.5 Å². The Kier molecular flexibility index (Phi) is 4.45. The SMILES string of the molecule is NC(=O)c1cccc2c1c1ccc(CO)cc1n2Cc1cc(F)ccc1Br. The Morgan fingerprint density at radius 3 is 2.67 bits per heavy atom. The molecule has 136 valence electrons. The van der Waals surface area contributed by atoms with Gasteiger partial charge in [-0.2, -0.15) is 0 Å². The molecule has 1 amide bonds. The van der Waals surface area contributed by atoms with Gasteiger partial charge >= 0.3 is 0 Å². The van der Waals surface area contributed by atoms with Crippen LogP contribution in [0.2, 0.25) is 0 Å². The van der Waals surface area contributed by atoms with Crippen LogP contribution in [0, 0.1) is 5.82 Å². The smallest absolute Gasteiger partial charge is 0.249 e. The summed E-state index contributed by atoms with van der Waals surface area (Å²) < 4.78 is 16.6. The van der Waals surface area contributed by atoms with Gasteiger partial charge in [-0.1, -0.05) is 34.1 Å². The van der Waals surface area contributed by atoms with Crippen molar-refractivity contribution < 1.29 is 14.3 Å². The number of amides is 1. The van der Waals surface area contributed by atoms with E-state index in [0.717, 1.165) is 37.4 Å². The summed E-state index contributed by atoms with van der Waals surface area (Å²) >= 11 is 3.48. The van der Waals surface area contributed by atoms with Crippen LogP contribution in [0.4, 0.5) is 4.39 Å². The molecule has 27 heavy (non-hydrogen) atoms. The van der Waals surface area contributed by atoms with E-state index in [1.165, 1.54) is 12.1 Å². The monoisotopic (exact) mass is 426 g/mol. The molecule has 0 atom stereocenters. The van der Waals surface area contributed by atoms with Gasteiger partial charge in [0.2, 0.25) is 5.91 Å². The number of primary amides is 1. The van der Waals surface area contributed by atoms with Gasteiger partial charge in [0.1, 0.15) is 5.82 Å². The number of hydrogen-bond acceptors (Lipinski definition) is 2. The van der Waals surface area contributed by atoms with E-state index in [1.54, 1.807) is 18.2 Å². The van der Waals surface area contributed by atoms with Crippen molar-refractivity contribution >= 4 is 43.6 Å². The maximum Gasteiger partial charge on any atom is 0.249 e. The Balaban J connectivity index is 2.06. The predicted octanol–water partition coefficient (Wildman–Crippen LogP) is 4.34. The van der Waals surface area contributed by atoms with Crippen LogP contribution >= 0.6 is 15.9 Å². The zero-order chi connectivity index (χ0) is 19.1. The molecule has 0 saturated heterocycles. The van der Waals surface area contributed by atoms with Crippen molar-refractivity contribution in [3.05, 3.63) is 81.6 Å². The maximum absolute atomic E-state index is 13.8. The van der Waals surface area contributed by atoms with Crippen LogP contribution in [-0.4, -0.2) is 15.6 Å². The molecule has 0 saturated carbocycles. The molecule has 4 rings (SSSR count). The van der Waals surface area contributed by atoms with Crippen molar-refractivity contribution in [2.45, 2.75) is 13.2 Å². The van der Waals surface area contributed by atoms with Gasteiger partial charge in [0.15, 0.2) is 0 Å². The number of carbonyl (C=O) groups excluding carboxylic acids is 1. The van der Waals surface area contributed by atoms with Gasteiger partial charge < -0.3 is 15.4 Å². The Morgan fingerprint density at radius 1 is 1.11 bits per heavy atom. The molecular formula is C21H16BrFN2O2. The first-order valence-electron chi connectivity index (χ1n) is 8.38. The normalized spacial score (nSPS) is 11.4. The average Bonchev–Trinajstić information content (AvgIpc) is 2.97. The molecule has 3 aromatic carbocycles. The van der Waals surface area contributed by atoms with Gasteiger partial charge in [-0.25, -0.2) is 4.39 Å². The topological polar surface area (TPSA) is 68.2 Å². The Labute approximate surface area is 163 Å². The zero-order valence-electron chi connectivity index (χ0n) is 14.2. The summed E-state index contributed by atoms with van der Waals surface area (Å²) in [6.07, 6.45) is 0. The van der Waals surface area contributed by atoms with Crippen molar-refractivity contribution in [2.75, 3.05) is 0 Å². The number of rotatable bonds is 4. The molecule has 0 aliphatic rings. The van der Waals surface area contributed by atoms with Crippen LogP contribution in [-0.2, 0) is 13.2 Å². The number of aliphatic hydroxyl groups excluding tert-OH is 1. The number of halogens is 2. The molecule has 0 fully saturated rings. The second-order valence-electron chi connectivity index (χ2n) is 6.40. The molecule has 3 N–H and O–H groups in total. The number of aromatic nitrogens is 1. The van der Waals surface area contributed by atoms with E-state index in [2.05, 4.69) is 15.9 Å². The molecule has 0 spiro atoms. The van der Waals surface area contributed by atoms with Crippen LogP contribution in [0.15, 0.2) is 59.1 Å². The second kappa shape index (κ2) is 6.79. The van der Waals surface area contributed by atoms with E-state index in [4.69, 9.17) is 5.73 Å². The molecule has 1 heterocycles. The minimum Gasteiger partial charge on any atom is -0.392 e. The Hall–Kier alpha value is -2.70. The highest BCUT2D eigenvalue weighted by Crippen LogP contribution is 2.33. The van der Waals surface area contributed by atoms with Crippen LogP contribution in [0.1, 0.15) is 21.5 Å². The summed E-state index contributed by atoms with van der Waals surface area (Å²) in [6, 6.07) is 15.5. The van der Waals surface area contributed by atoms with E-state index >= 15 is 0 Å². The van der Waals surface area contributed by atoms with Crippen LogP contribution in [0.25, 0.3) is 21.8 Å². The summed E-state index contributed by atoms with van der Waals surface area (Å²) in [6.45, 7) is 0.305. The lowest BCUT2D eigenvalue weighted by Crippen LogP contribution is -2.11. The Bertz CT molecular complexity index is 1200. The molecule has 6 heteroatoms. The lowest BCUT2D eigenvalue weighted by Gasteiger charge is -2.10. The van der Waals surface area contributed by atoms with Crippen molar-refractivity contribution in [1.82, 2.24) is 4.57 Å². The first kappa shape index (κ1) is 17.7. The molecule has 1 aromatic heterocycles. The fourth-order valence-electron chi connectivity index (χ4n) is 3.50. The predicted molar refractivity (Wildman–Crippen MR) is 107 cm³/mol. The third-order valence-electron chi connectivity index (χ3n) is 4.74. The van der Waals surface area contributed by atoms with Gasteiger partial charge in [0.25, 0.3) is 0 Å². The van der Waals surface area contributed by atoms with E-state index in [1.807, 2.05) is 28.8 Å². The number of hydrogen-bond donors (Lipinski definition) is 2. The summed E-state index contributed by atoms with van der Waals surface area (Å²) in [7, 11) is 0. The van der Waals surface area contributed by atoms with E-state index in [0.29, 0.717) is 12.1 Å². The van der Waals surface area contributed by atoms with Gasteiger partial charge in [-0.15, -0.1) is 0 Å². The minimum absolute atomic E-state index is 0.0935. The van der Waals surface area contributed by atoms with Gasteiger partial charge in [-0.3, -0.25) is 4.79 Å². The number of benzene rings is 3. The van der Waals surface area contributed by atoms with E-state index in [9.17, 15) is 14.3 Å². The fourth-order valence-corrected chi connectivity index (χ4v) is 3.87. The fraction of sp³-hybridized carbons (Fsp3) is 0.0952. The molecule has 0 unspecified atom stereocenters. The zero-order valence-corrected chi connectivity index (χ0v) is 15.8. The lowest BCUT2D eigenvalue weighted by molar-refractivity contribution is 0.100. The molecule has 0 radical (unpaired) electrons. The largest absolute Gasteiger partial charge is 0.392 e. The first-order chi connectivity index (χ1) is 13.0. The van der Waals surface area contributed by atoms with Crippen molar-refractivity contribution in [3.63, 3.8) is 0 Å². The molecule has 0 aliphatic heterocycles. The second-order valence-corrected chi connectivity index (χ2v) is 7.25. The number of fused-ring (bicyclic) bond motifs is 3. The van der Waals surface area contributed by atoms with E-state index in [-0.39, 0.29) is 12.4 Å². The molecule has 4 nitrogen and oxygen atoms in total. The molecule has 0 aliphatic carbocycles. The van der Waals surface area contributed by atoms with Crippen molar-refractivity contribution in [3.8, 4) is 0 Å². The van der Waals surface area contributed by atoms with Crippen LogP contribution in [0.5, 0.6) is 0 Å². The molecule has 0 bridgehead atoms. The molecular weight excluding hydrogens is 411 g/mol. The van der Waals surface area contributed by atoms with Crippen molar-refractivity contribution in [2.24, 2.45) is 5.73 Å². The highest BCUT2D eigenvalue weighted by Gasteiger charge is 2.17. The third-order valence-corrected chi connectivity index (χ3v) is 5.51. The van der Waals surface area contributed by atoms with Gasteiger partial charge in [0.05, 0.1) is 12.1 Å². The summed E-state index contributed by atoms with van der Waals surface area (Å²) in [4.78, 5) is 12.0. The van der Waals surface area contributed by atoms with Crippen molar-refractivity contribution in [1.29, 1.82) is 0 Å². The lowest BCUT2D eigenvalue weighted by atomic mass is 10.0. The van der Waals surface area contributed by atoms with Gasteiger partial charge in [0, 0.05) is 32.9 Å². The highest BCUT2D eigenvalue weighted by atomic mass is 79.9. The van der Waals surface area contributed by atoms with Crippen LogP contribution in [0.3, 0.4) is 0 Å². The van der Waals surface area contributed by atoms with E-state index < -0.39 is 5.91 Å². The quantitative estimate of drug-likeness (QED) is 0.509. The first-order valence-corrected chi connectivity index (χ1v) is 9.17. The number of carbonyl (C=O) groups is 1. The van der Waals surface area contributed by atoms with Crippen LogP contribution < -0.4 is 5.73 Å². The maximum atomic E-state index is 13.8. The third kappa shape index (κ3) is 3.01. The number of aliphatic hydroxyl groups is 1.